The zero-order chi connectivity index (χ0) is 115. The lowest BCUT2D eigenvalue weighted by molar-refractivity contribution is -0.146. The highest BCUT2D eigenvalue weighted by Gasteiger charge is 2.35. The first-order chi connectivity index (χ1) is 68.2. The first kappa shape index (κ1) is 159. The van der Waals surface area contributed by atoms with Crippen molar-refractivity contribution in [3.63, 3.8) is 0 Å². The topological polar surface area (TPSA) is 136 Å². The van der Waals surface area contributed by atoms with Crippen molar-refractivity contribution >= 4 is 106 Å². The second kappa shape index (κ2) is 92.8. The fraction of sp³-hybridized carbons (Fsp3) is 0.798. The van der Waals surface area contributed by atoms with Crippen LogP contribution >= 0.6 is 0 Å². The Hall–Kier alpha value is -1.95. The number of nitrogens with one attached hydrogen (secondary N) is 1. The number of aliphatic hydroxyl groups is 4. The third-order valence-corrected chi connectivity index (χ3v) is 51.8. The van der Waals surface area contributed by atoms with Gasteiger partial charge < -0.3 is 30.5 Å². The molecule has 0 saturated carbocycles. The normalized spacial score (nSPS) is 12.9. The number of aliphatic hydroxyl groups excluding tert-OH is 4. The highest BCUT2D eigenvalue weighted by atomic mass is 28.3. The summed E-state index contributed by atoms with van der Waals surface area (Å²) in [5.74, 6) is 0.991. The van der Waals surface area contributed by atoms with Crippen molar-refractivity contribution in [1.29, 1.82) is 0 Å². The van der Waals surface area contributed by atoms with Crippen molar-refractivity contribution in [2.24, 2.45) is 11.8 Å². The molecule has 0 radical (unpaired) electrons. The van der Waals surface area contributed by atoms with Crippen LogP contribution in [0.1, 0.15) is 337 Å². The molecule has 8 nitrogen and oxygen atoms in total. The van der Waals surface area contributed by atoms with E-state index in [1.807, 2.05) is 0 Å². The number of esters is 1. The van der Waals surface area contributed by atoms with Crippen molar-refractivity contribution < 1.29 is 34.8 Å². The molecule has 5 N–H and O–H groups in total. The highest BCUT2D eigenvalue weighted by molar-refractivity contribution is 6.88. The van der Waals surface area contributed by atoms with E-state index in [0.717, 1.165) is 30.3 Å². The third-order valence-electron chi connectivity index (χ3n) is 27.0. The van der Waals surface area contributed by atoms with E-state index in [4.69, 9.17) is 0 Å². The molecule has 0 saturated heterocycles. The molecule has 0 aliphatic heterocycles. The molecule has 0 aliphatic rings. The Balaban J connectivity index is -0.000000303. The average molecular weight is 2250 g/mol. The first-order valence-electron chi connectivity index (χ1n) is 61.4. The van der Waals surface area contributed by atoms with Crippen molar-refractivity contribution in [2.45, 2.75) is 639 Å². The van der Waals surface area contributed by atoms with Gasteiger partial charge in [-0.05, 0) is 91.0 Å². The predicted molar refractivity (Wildman–Crippen MR) is 712 cm³/mol. The number of aryl methyl sites for hydroxylation is 3. The molecule has 19 heteroatoms. The number of rotatable bonds is 64. The van der Waals surface area contributed by atoms with Crippen LogP contribution in [0, 0.1) is 11.8 Å². The number of ether oxygens (including phenoxy) is 1. The van der Waals surface area contributed by atoms with Crippen LogP contribution in [0.2, 0.25) is 275 Å². The molecule has 4 rings (SSSR count). The first-order valence-corrected chi connectivity index (χ1v) is 101. The SMILES string of the molecule is CC(C)(C)[Si](C)(C)C.CCCCCCCCCCCCCCCCCC[Si](C)(CC(C)C)CC(C)C.CCCCCCCCCC[Si](C)(C)C.CCC[Si](C)(C)C.CC[C@@H](O)[C@@H](O)[C@H](O)[C@@H](O)C(=O)NCCC[Si](C)(C)C.COC(=O)CC[Si](C)(C)C.C[Si](C)(C)C.C[Si](C)(C)CCCCCCc1ccccc1.C[Si](C)(C)CCCCCCc1ccccc1.C[Si](C)(C)CCCCc1ccccc1.C[Si](C)(C)c1ccccc1. The zero-order valence-corrected chi connectivity index (χ0v) is 119. The summed E-state index contributed by atoms with van der Waals surface area (Å²) in [6, 6.07) is 57.5. The summed E-state index contributed by atoms with van der Waals surface area (Å²) in [7, 11) is -7.99. The van der Waals surface area contributed by atoms with E-state index in [9.17, 15) is 30.0 Å². The summed E-state index contributed by atoms with van der Waals surface area (Å²) in [5.41, 5.74) is 4.48. The Kier molecular flexibility index (Phi) is 99.7. The van der Waals surface area contributed by atoms with Gasteiger partial charge in [0.2, 0.25) is 0 Å². The number of benzene rings is 4. The summed E-state index contributed by atoms with van der Waals surface area (Å²) >= 11 is 0. The predicted octanol–water partition coefficient (Wildman–Crippen LogP) is 42.3. The smallest absolute Gasteiger partial charge is 0.305 e. The van der Waals surface area contributed by atoms with Gasteiger partial charge in [0.15, 0.2) is 6.10 Å². The van der Waals surface area contributed by atoms with Crippen LogP contribution in [0.15, 0.2) is 121 Å². The molecule has 0 bridgehead atoms. The number of amides is 1. The highest BCUT2D eigenvalue weighted by Crippen LogP contribution is 2.36. The molecule has 0 spiro atoms. The van der Waals surface area contributed by atoms with E-state index >= 15 is 0 Å². The fourth-order valence-corrected chi connectivity index (χ4v) is 32.5. The van der Waals surface area contributed by atoms with Gasteiger partial charge in [-0.1, -0.05) is 672 Å². The molecule has 0 heterocycles. The molecule has 0 unspecified atom stereocenters. The number of carbonyl (C=O) groups excluding carboxylic acids is 2. The van der Waals surface area contributed by atoms with Crippen molar-refractivity contribution in [1.82, 2.24) is 5.32 Å². The van der Waals surface area contributed by atoms with Crippen LogP contribution in [0.5, 0.6) is 0 Å². The number of unbranched alkanes of at least 4 members (excludes halogenated alkanes) is 29. The molecule has 0 aliphatic carbocycles. The van der Waals surface area contributed by atoms with Crippen LogP contribution in [0.25, 0.3) is 0 Å². The minimum absolute atomic E-state index is 0.0811. The number of carbonyl (C=O) groups is 2. The van der Waals surface area contributed by atoms with Crippen LogP contribution in [0.3, 0.4) is 0 Å². The van der Waals surface area contributed by atoms with Crippen molar-refractivity contribution in [3.8, 4) is 0 Å². The average Bonchev–Trinajstić information content (AvgIpc) is 0.892. The number of hydrogen-bond donors (Lipinski definition) is 5. The maximum Gasteiger partial charge on any atom is 0.305 e. The van der Waals surface area contributed by atoms with Gasteiger partial charge in [0.05, 0.1) is 29.4 Å². The lowest BCUT2D eigenvalue weighted by Gasteiger charge is -2.32. The monoisotopic (exact) mass is 2250 g/mol. The molecule has 4 aromatic rings. The Morgan fingerprint density at radius 2 is 0.541 bits per heavy atom. The van der Waals surface area contributed by atoms with E-state index < -0.39 is 119 Å². The maximum atomic E-state index is 11.6. The van der Waals surface area contributed by atoms with Crippen LogP contribution in [-0.2, 0) is 33.6 Å². The van der Waals surface area contributed by atoms with Crippen LogP contribution in [-0.4, -0.2) is 159 Å². The van der Waals surface area contributed by atoms with Gasteiger partial charge in [0.1, 0.15) is 12.2 Å². The van der Waals surface area contributed by atoms with Crippen LogP contribution in [0.4, 0.5) is 0 Å². The van der Waals surface area contributed by atoms with Gasteiger partial charge in [-0.25, -0.2) is 0 Å². The second-order valence-electron chi connectivity index (χ2n) is 58.4. The van der Waals surface area contributed by atoms with E-state index in [1.165, 1.54) is 303 Å². The van der Waals surface area contributed by atoms with Gasteiger partial charge in [-0.3, -0.25) is 9.59 Å². The Morgan fingerprint density at radius 3 is 0.764 bits per heavy atom. The number of methoxy groups -OCH3 is 1. The Bertz CT molecular complexity index is 3410. The van der Waals surface area contributed by atoms with E-state index in [0.29, 0.717) is 18.0 Å². The van der Waals surface area contributed by atoms with E-state index in [-0.39, 0.29) is 12.4 Å². The minimum atomic E-state index is -1.74. The Labute approximate surface area is 940 Å². The molecular weight excluding hydrogens is 1980 g/mol. The molecule has 148 heavy (non-hydrogen) atoms. The van der Waals surface area contributed by atoms with E-state index in [1.54, 1.807) is 25.1 Å². The van der Waals surface area contributed by atoms with Gasteiger partial charge in [-0.2, -0.15) is 0 Å². The lowest BCUT2D eigenvalue weighted by Crippen LogP contribution is -2.51. The lowest BCUT2D eigenvalue weighted by atomic mass is 10.0. The Morgan fingerprint density at radius 1 is 0.304 bits per heavy atom. The van der Waals surface area contributed by atoms with E-state index in [2.05, 4.69) is 410 Å². The maximum absolute atomic E-state index is 11.6. The summed E-state index contributed by atoms with van der Waals surface area (Å²) in [5, 5.41) is 42.8. The molecule has 1 amide bonds. The van der Waals surface area contributed by atoms with Crippen LogP contribution < -0.4 is 10.5 Å². The molecular formula is C129H267NO7Si11. The van der Waals surface area contributed by atoms with Gasteiger partial charge in [0.25, 0.3) is 5.91 Å². The zero-order valence-electron chi connectivity index (χ0n) is 108. The minimum Gasteiger partial charge on any atom is -0.469 e. The molecule has 4 atom stereocenters. The van der Waals surface area contributed by atoms with Gasteiger partial charge >= 0.3 is 5.97 Å². The summed E-state index contributed by atoms with van der Waals surface area (Å²) in [4.78, 5) is 22.3. The summed E-state index contributed by atoms with van der Waals surface area (Å²) in [6.07, 6.45) is 50.0. The second-order valence-corrected chi connectivity index (χ2v) is 120. The quantitative estimate of drug-likeness (QED) is 0.0169. The molecule has 4 aromatic carbocycles. The van der Waals surface area contributed by atoms with Gasteiger partial charge in [0, 0.05) is 85.6 Å². The standard InChI is InChI=1S/C27H58Si.2C15H26Si.C13H29NO5Si.C13H22Si.C13H30Si.C9H14Si.C7H16O2Si.C7H18Si.C6H16Si.C4H12Si/c1-7-8-9-10-11-12-13-14-15-16-17-18-19-20-21-22-23-28(6,24-26(2)3)25-27(4)5;2*1-16(2,3)14-10-5-4-7-11-15-12-8-6-9-13-15;1-5-9(15)10(16)11(17)12(18)13(19)14-7-6-8-20(2,3)4;1-14(2,3)12-8-7-11-13-9-5-4-6-10-13;1-5-6-7-8-9-10-11-12-13-14(2,3)4;1-10(2,3)9-7-5-4-6-8-9;1-9-7(8)5-6-10(2,3)4;1-7(2,3)8(4,5)6;1-5-6-7(2,3)4;1-5(2,3)4/h26-27H,7-25H2,1-6H3;2*6,8-9,12-13H,4-5,7,10-11,14H2,1-3H3;9-12,15-18H,5-8H2,1-4H3,(H,14,19);4-6,9-10H,7-8,11-12H2,1-3H3;5-13H2,1-4H3;4-8H,1-3H3;5-6H2,1-4H3;1-6H3;5-6H2,1-4H3;1-4H3/t;;;9-,10-,11+,12-;;;;;;;/m...1......./s1. The third kappa shape index (κ3) is 129. The van der Waals surface area contributed by atoms with Gasteiger partial charge in [-0.15, -0.1) is 0 Å². The van der Waals surface area contributed by atoms with Crippen molar-refractivity contribution in [3.05, 3.63) is 138 Å². The summed E-state index contributed by atoms with van der Waals surface area (Å²) < 4.78 is 4.53. The largest absolute Gasteiger partial charge is 0.469 e. The molecule has 0 aromatic heterocycles. The molecule has 874 valence electrons. The number of hydrogen-bond acceptors (Lipinski definition) is 7. The molecule has 0 fully saturated rings. The summed E-state index contributed by atoms with van der Waals surface area (Å²) in [6.45, 7) is 102. The van der Waals surface area contributed by atoms with Crippen molar-refractivity contribution in [2.75, 3.05) is 13.7 Å². The fourth-order valence-electron chi connectivity index (χ4n) is 16.8.